The molecule has 1 amide bonds. The topological polar surface area (TPSA) is 103 Å². The Morgan fingerprint density at radius 3 is 2.19 bits per heavy atom. The van der Waals surface area contributed by atoms with Gasteiger partial charge in [-0.15, -0.1) is 0 Å². The van der Waals surface area contributed by atoms with E-state index < -0.39 is 18.1 Å². The first kappa shape index (κ1) is 25.1. The molecule has 8 heteroatoms. The van der Waals surface area contributed by atoms with Gasteiger partial charge in [0.05, 0.1) is 13.7 Å². The molecule has 8 nitrogen and oxygen atoms in total. The maximum absolute atomic E-state index is 12.6. The van der Waals surface area contributed by atoms with Crippen molar-refractivity contribution in [3.63, 3.8) is 0 Å². The number of ether oxygens (including phenoxy) is 4. The van der Waals surface area contributed by atoms with Crippen LogP contribution in [0.2, 0.25) is 0 Å². The van der Waals surface area contributed by atoms with Gasteiger partial charge in [0.2, 0.25) is 0 Å². The Labute approximate surface area is 209 Å². The highest BCUT2D eigenvalue weighted by molar-refractivity contribution is 5.81. The highest BCUT2D eigenvalue weighted by Gasteiger charge is 2.30. The van der Waals surface area contributed by atoms with Crippen molar-refractivity contribution in [2.45, 2.75) is 18.4 Å². The third kappa shape index (κ3) is 5.60. The molecule has 2 N–H and O–H groups in total. The molecule has 0 radical (unpaired) electrons. The zero-order valence-corrected chi connectivity index (χ0v) is 20.2. The van der Waals surface area contributed by atoms with E-state index in [0.29, 0.717) is 30.3 Å². The number of hydrogen-bond acceptors (Lipinski definition) is 6. The lowest BCUT2D eigenvalue weighted by Gasteiger charge is -2.18. The third-order valence-corrected chi connectivity index (χ3v) is 6.15. The second-order valence-corrected chi connectivity index (χ2v) is 8.39. The van der Waals surface area contributed by atoms with Crippen LogP contribution in [0.15, 0.2) is 66.7 Å². The quantitative estimate of drug-likeness (QED) is 0.387. The number of nitrogens with one attached hydrogen (secondary N) is 1. The summed E-state index contributed by atoms with van der Waals surface area (Å²) >= 11 is 0. The summed E-state index contributed by atoms with van der Waals surface area (Å²) in [5.74, 6) is -0.284. The number of amides is 1. The zero-order chi connectivity index (χ0) is 25.5. The summed E-state index contributed by atoms with van der Waals surface area (Å²) in [5, 5.41) is 12.2. The van der Waals surface area contributed by atoms with Crippen molar-refractivity contribution in [3.05, 3.63) is 83.4 Å². The SMILES string of the molecule is COCCOc1ccc(CC(NC(=O)OCC2c3ccccc3-c3ccccc32)C(=O)O)cc1OC. The van der Waals surface area contributed by atoms with E-state index in [1.165, 1.54) is 7.11 Å². The van der Waals surface area contributed by atoms with Crippen LogP contribution in [0.3, 0.4) is 0 Å². The van der Waals surface area contributed by atoms with Gasteiger partial charge in [0, 0.05) is 19.4 Å². The number of benzene rings is 3. The van der Waals surface area contributed by atoms with E-state index in [9.17, 15) is 14.7 Å². The lowest BCUT2D eigenvalue weighted by Crippen LogP contribution is -2.42. The molecule has 36 heavy (non-hydrogen) atoms. The van der Waals surface area contributed by atoms with Crippen LogP contribution in [0, 0.1) is 0 Å². The van der Waals surface area contributed by atoms with Gasteiger partial charge < -0.3 is 29.4 Å². The number of methoxy groups -OCH3 is 2. The molecule has 0 aliphatic heterocycles. The van der Waals surface area contributed by atoms with Gasteiger partial charge in [-0.3, -0.25) is 0 Å². The van der Waals surface area contributed by atoms with E-state index in [0.717, 1.165) is 22.3 Å². The van der Waals surface area contributed by atoms with Gasteiger partial charge in [0.15, 0.2) is 11.5 Å². The van der Waals surface area contributed by atoms with E-state index in [2.05, 4.69) is 17.4 Å². The lowest BCUT2D eigenvalue weighted by atomic mass is 9.98. The van der Waals surface area contributed by atoms with Crippen molar-refractivity contribution in [1.29, 1.82) is 0 Å². The van der Waals surface area contributed by atoms with Gasteiger partial charge in [-0.05, 0) is 39.9 Å². The summed E-state index contributed by atoms with van der Waals surface area (Å²) in [6.07, 6.45) is -0.732. The second-order valence-electron chi connectivity index (χ2n) is 8.39. The Kier molecular flexibility index (Phi) is 8.07. The third-order valence-electron chi connectivity index (χ3n) is 6.15. The van der Waals surface area contributed by atoms with Crippen LogP contribution in [0.25, 0.3) is 11.1 Å². The summed E-state index contributed by atoms with van der Waals surface area (Å²) in [4.78, 5) is 24.5. The Morgan fingerprint density at radius 2 is 1.58 bits per heavy atom. The number of carboxylic acid groups (broad SMARTS) is 1. The number of carboxylic acids is 1. The number of aliphatic carboxylic acids is 1. The zero-order valence-electron chi connectivity index (χ0n) is 20.2. The first-order valence-corrected chi connectivity index (χ1v) is 11.6. The van der Waals surface area contributed by atoms with Crippen molar-refractivity contribution in [1.82, 2.24) is 5.32 Å². The highest BCUT2D eigenvalue weighted by Crippen LogP contribution is 2.44. The average molecular weight is 492 g/mol. The summed E-state index contributed by atoms with van der Waals surface area (Å²) < 4.78 is 21.5. The molecule has 0 saturated carbocycles. The normalized spacial score (nSPS) is 12.8. The number of hydrogen-bond donors (Lipinski definition) is 2. The smallest absolute Gasteiger partial charge is 0.407 e. The lowest BCUT2D eigenvalue weighted by molar-refractivity contribution is -0.139. The molecule has 0 heterocycles. The molecule has 1 aliphatic carbocycles. The number of rotatable bonds is 11. The molecule has 1 unspecified atom stereocenters. The molecule has 4 rings (SSSR count). The summed E-state index contributed by atoms with van der Waals surface area (Å²) in [7, 11) is 3.09. The fourth-order valence-corrected chi connectivity index (χ4v) is 4.41. The van der Waals surface area contributed by atoms with Crippen molar-refractivity contribution in [2.75, 3.05) is 34.0 Å². The minimum absolute atomic E-state index is 0.0498. The van der Waals surface area contributed by atoms with Crippen LogP contribution < -0.4 is 14.8 Å². The number of alkyl carbamates (subject to hydrolysis) is 1. The van der Waals surface area contributed by atoms with Crippen LogP contribution in [0.4, 0.5) is 4.79 Å². The van der Waals surface area contributed by atoms with Crippen molar-refractivity contribution >= 4 is 12.1 Å². The minimum Gasteiger partial charge on any atom is -0.493 e. The molecular weight excluding hydrogens is 462 g/mol. The van der Waals surface area contributed by atoms with E-state index >= 15 is 0 Å². The Hall–Kier alpha value is -4.04. The maximum atomic E-state index is 12.6. The van der Waals surface area contributed by atoms with Gasteiger partial charge in [-0.25, -0.2) is 9.59 Å². The molecule has 188 valence electrons. The summed E-state index contributed by atoms with van der Waals surface area (Å²) in [6, 6.07) is 20.0. The monoisotopic (exact) mass is 491 g/mol. The van der Waals surface area contributed by atoms with Gasteiger partial charge >= 0.3 is 12.1 Å². The molecule has 1 atom stereocenters. The van der Waals surface area contributed by atoms with E-state index in [1.54, 1.807) is 25.3 Å². The minimum atomic E-state index is -1.18. The number of fused-ring (bicyclic) bond motifs is 3. The average Bonchev–Trinajstić information content (AvgIpc) is 3.21. The molecule has 0 bridgehead atoms. The molecule has 0 saturated heterocycles. The molecule has 0 fully saturated rings. The van der Waals surface area contributed by atoms with Crippen LogP contribution in [-0.4, -0.2) is 57.3 Å². The predicted molar refractivity (Wildman–Crippen MR) is 134 cm³/mol. The first-order valence-electron chi connectivity index (χ1n) is 11.6. The molecular formula is C28H29NO7. The molecule has 3 aromatic rings. The summed E-state index contributed by atoms with van der Waals surface area (Å²) in [6.45, 7) is 0.886. The van der Waals surface area contributed by atoms with E-state index in [1.807, 2.05) is 36.4 Å². The van der Waals surface area contributed by atoms with Crippen LogP contribution >= 0.6 is 0 Å². The van der Waals surface area contributed by atoms with Crippen molar-refractivity contribution in [2.24, 2.45) is 0 Å². The molecule has 1 aliphatic rings. The summed E-state index contributed by atoms with van der Waals surface area (Å²) in [5.41, 5.74) is 5.07. The molecule has 3 aromatic carbocycles. The fourth-order valence-electron chi connectivity index (χ4n) is 4.41. The van der Waals surface area contributed by atoms with Crippen LogP contribution in [0.5, 0.6) is 11.5 Å². The largest absolute Gasteiger partial charge is 0.493 e. The van der Waals surface area contributed by atoms with E-state index in [-0.39, 0.29) is 18.9 Å². The fraction of sp³-hybridized carbons (Fsp3) is 0.286. The van der Waals surface area contributed by atoms with Gasteiger partial charge in [-0.2, -0.15) is 0 Å². The highest BCUT2D eigenvalue weighted by atomic mass is 16.6. The first-order chi connectivity index (χ1) is 17.5. The standard InChI is InChI=1S/C28H29NO7/c1-33-13-14-35-25-12-11-18(16-26(25)34-2)15-24(27(30)31)29-28(32)36-17-23-21-9-5-3-7-19(21)20-8-4-6-10-22(20)23/h3-12,16,23-24H,13-15,17H2,1-2H3,(H,29,32)(H,30,31). The van der Waals surface area contributed by atoms with Crippen LogP contribution in [0.1, 0.15) is 22.6 Å². The van der Waals surface area contributed by atoms with Crippen molar-refractivity contribution < 1.29 is 33.6 Å². The van der Waals surface area contributed by atoms with E-state index in [4.69, 9.17) is 18.9 Å². The van der Waals surface area contributed by atoms with Crippen molar-refractivity contribution in [3.8, 4) is 22.6 Å². The van der Waals surface area contributed by atoms with Gasteiger partial charge in [0.25, 0.3) is 0 Å². The molecule has 0 aromatic heterocycles. The van der Waals surface area contributed by atoms with Gasteiger partial charge in [-0.1, -0.05) is 54.6 Å². The predicted octanol–water partition coefficient (Wildman–Crippen LogP) is 4.25. The van der Waals surface area contributed by atoms with Crippen LogP contribution in [-0.2, 0) is 20.7 Å². The number of carbonyl (C=O) groups excluding carboxylic acids is 1. The van der Waals surface area contributed by atoms with Gasteiger partial charge in [0.1, 0.15) is 19.3 Å². The second kappa shape index (κ2) is 11.6. The Bertz CT molecular complexity index is 1180. The Morgan fingerprint density at radius 1 is 0.917 bits per heavy atom. The maximum Gasteiger partial charge on any atom is 0.407 e. The number of carbonyl (C=O) groups is 2. The Balaban J connectivity index is 1.39. The molecule has 0 spiro atoms.